The lowest BCUT2D eigenvalue weighted by atomic mass is 10.0. The molecule has 0 fully saturated rings. The highest BCUT2D eigenvalue weighted by Crippen LogP contribution is 2.25. The van der Waals surface area contributed by atoms with E-state index in [1.807, 2.05) is 58.0 Å². The minimum atomic E-state index is -0.743. The first-order chi connectivity index (χ1) is 19.5. The molecule has 0 saturated carbocycles. The van der Waals surface area contributed by atoms with Gasteiger partial charge >= 0.3 is 0 Å². The average Bonchev–Trinajstić information content (AvgIpc) is 3.36. The van der Waals surface area contributed by atoms with Crippen LogP contribution in [0.1, 0.15) is 81.4 Å². The van der Waals surface area contributed by atoms with Gasteiger partial charge in [-0.25, -0.2) is 19.6 Å². The normalized spacial score (nSPS) is 19.0. The first kappa shape index (κ1) is 29.6. The van der Waals surface area contributed by atoms with Crippen LogP contribution in [0.5, 0.6) is 0 Å². The van der Waals surface area contributed by atoms with Gasteiger partial charge in [0.25, 0.3) is 5.91 Å². The first-order valence-corrected chi connectivity index (χ1v) is 14.1. The number of carbonyl (C=O) groups is 3. The molecule has 1 aliphatic heterocycles. The topological polar surface area (TPSA) is 161 Å². The van der Waals surface area contributed by atoms with Crippen LogP contribution in [0.15, 0.2) is 36.4 Å². The lowest BCUT2D eigenvalue weighted by Gasteiger charge is -2.27. The smallest absolute Gasteiger partial charge is 0.272 e. The Balaban J connectivity index is 1.74. The number of nitrogens with zero attached hydrogens (tertiary/aromatic N) is 6. The van der Waals surface area contributed by atoms with Crippen LogP contribution in [-0.2, 0) is 16.1 Å². The van der Waals surface area contributed by atoms with Crippen molar-refractivity contribution >= 4 is 23.7 Å². The van der Waals surface area contributed by atoms with E-state index in [-0.39, 0.29) is 54.2 Å². The van der Waals surface area contributed by atoms with Gasteiger partial charge in [-0.05, 0) is 31.2 Å². The van der Waals surface area contributed by atoms with E-state index in [0.717, 1.165) is 5.56 Å². The average molecular weight is 562 g/mol. The Labute approximate surface area is 240 Å². The summed E-state index contributed by atoms with van der Waals surface area (Å²) in [7, 11) is 0. The number of anilines is 1. The van der Waals surface area contributed by atoms with Gasteiger partial charge in [-0.2, -0.15) is 5.10 Å². The molecule has 12 heteroatoms. The van der Waals surface area contributed by atoms with Crippen LogP contribution in [0.2, 0.25) is 0 Å². The summed E-state index contributed by atoms with van der Waals surface area (Å²) < 4.78 is 1.76. The number of amides is 3. The maximum absolute atomic E-state index is 13.7. The Bertz CT molecular complexity index is 1390. The predicted molar refractivity (Wildman–Crippen MR) is 154 cm³/mol. The molecule has 2 atom stereocenters. The SMILES string of the molecule is CC(C)c1cc(C(=O)N2CCCC(=O)N[C@H](C)C(=O)N[C@@H](C(C)C)c3nc(-c4ccccc4)nn3CC2)nc(N)n1. The third-order valence-electron chi connectivity index (χ3n) is 7.02. The largest absolute Gasteiger partial charge is 0.368 e. The van der Waals surface area contributed by atoms with Crippen LogP contribution >= 0.6 is 0 Å². The lowest BCUT2D eigenvalue weighted by molar-refractivity contribution is -0.129. The summed E-state index contributed by atoms with van der Waals surface area (Å²) in [6.45, 7) is 10.5. The zero-order valence-electron chi connectivity index (χ0n) is 24.3. The Hall–Kier alpha value is -4.35. The molecule has 1 aromatic carbocycles. The van der Waals surface area contributed by atoms with E-state index in [1.54, 1.807) is 22.6 Å². The van der Waals surface area contributed by atoms with Gasteiger partial charge in [0, 0.05) is 30.8 Å². The van der Waals surface area contributed by atoms with Crippen molar-refractivity contribution in [2.24, 2.45) is 5.92 Å². The first-order valence-electron chi connectivity index (χ1n) is 14.1. The summed E-state index contributed by atoms with van der Waals surface area (Å²) in [5.74, 6) is 0.298. The maximum Gasteiger partial charge on any atom is 0.272 e. The van der Waals surface area contributed by atoms with Crippen LogP contribution < -0.4 is 16.4 Å². The molecule has 218 valence electrons. The molecule has 0 aliphatic carbocycles. The monoisotopic (exact) mass is 561 g/mol. The Kier molecular flexibility index (Phi) is 9.31. The number of rotatable bonds is 4. The van der Waals surface area contributed by atoms with Crippen LogP contribution in [0.3, 0.4) is 0 Å². The molecule has 12 nitrogen and oxygen atoms in total. The van der Waals surface area contributed by atoms with E-state index in [2.05, 4.69) is 20.6 Å². The molecular weight excluding hydrogens is 522 g/mol. The van der Waals surface area contributed by atoms with E-state index in [1.165, 1.54) is 0 Å². The Morgan fingerprint density at radius 1 is 1.00 bits per heavy atom. The molecule has 0 saturated heterocycles. The standard InChI is InChI=1S/C29H39N9O3/c1-17(2)21-16-22(33-29(30)32-21)28(41)37-13-9-12-23(39)31-19(5)27(40)34-24(18(3)4)26-35-25(36-38(26)15-14-37)20-10-7-6-8-11-20/h6-8,10-11,16-19,24H,9,12-15H2,1-5H3,(H,31,39)(H,34,40)(H2,30,32,33)/t19-,24+/m1/s1. The number of nitrogens with two attached hydrogens (primary N) is 1. The molecular formula is C29H39N9O3. The van der Waals surface area contributed by atoms with Crippen LogP contribution in [0, 0.1) is 5.92 Å². The fourth-order valence-electron chi connectivity index (χ4n) is 4.66. The molecule has 4 rings (SSSR count). The quantitative estimate of drug-likeness (QED) is 0.438. The second kappa shape index (κ2) is 12.9. The molecule has 1 aliphatic rings. The lowest BCUT2D eigenvalue weighted by Crippen LogP contribution is -2.47. The van der Waals surface area contributed by atoms with Gasteiger partial charge in [0.1, 0.15) is 11.7 Å². The molecule has 3 heterocycles. The zero-order chi connectivity index (χ0) is 29.7. The van der Waals surface area contributed by atoms with Crippen LogP contribution in [0.25, 0.3) is 11.4 Å². The summed E-state index contributed by atoms with van der Waals surface area (Å²) in [4.78, 5) is 54.4. The molecule has 4 N–H and O–H groups in total. The number of carbonyl (C=O) groups excluding carboxylic acids is 3. The van der Waals surface area contributed by atoms with Crippen molar-refractivity contribution in [1.29, 1.82) is 0 Å². The third kappa shape index (κ3) is 7.24. The minimum absolute atomic E-state index is 0.0301. The summed E-state index contributed by atoms with van der Waals surface area (Å²) in [5, 5.41) is 10.6. The van der Waals surface area contributed by atoms with E-state index >= 15 is 0 Å². The fraction of sp³-hybridized carbons (Fsp3) is 0.483. The zero-order valence-corrected chi connectivity index (χ0v) is 24.3. The fourth-order valence-corrected chi connectivity index (χ4v) is 4.66. The van der Waals surface area contributed by atoms with Crippen LogP contribution in [0.4, 0.5) is 5.95 Å². The Morgan fingerprint density at radius 2 is 1.73 bits per heavy atom. The number of fused-ring (bicyclic) bond motifs is 1. The number of hydrogen-bond donors (Lipinski definition) is 3. The summed E-state index contributed by atoms with van der Waals surface area (Å²) in [5.41, 5.74) is 7.66. The minimum Gasteiger partial charge on any atom is -0.368 e. The molecule has 0 radical (unpaired) electrons. The molecule has 0 spiro atoms. The molecule has 2 aromatic heterocycles. The summed E-state index contributed by atoms with van der Waals surface area (Å²) >= 11 is 0. The van der Waals surface area contributed by atoms with E-state index < -0.39 is 12.1 Å². The maximum atomic E-state index is 13.7. The number of nitrogen functional groups attached to an aromatic ring is 1. The van der Waals surface area contributed by atoms with Crippen molar-refractivity contribution in [3.05, 3.63) is 53.6 Å². The summed E-state index contributed by atoms with van der Waals surface area (Å²) in [6, 6.07) is 10.0. The predicted octanol–water partition coefficient (Wildman–Crippen LogP) is 2.69. The summed E-state index contributed by atoms with van der Waals surface area (Å²) in [6.07, 6.45) is 0.558. The van der Waals surface area contributed by atoms with Crippen molar-refractivity contribution in [3.8, 4) is 11.4 Å². The molecule has 0 bridgehead atoms. The number of benzene rings is 1. The van der Waals surface area contributed by atoms with Gasteiger partial charge in [0.05, 0.1) is 12.6 Å². The number of nitrogens with one attached hydrogen (secondary N) is 2. The van der Waals surface area contributed by atoms with Gasteiger partial charge in [0.15, 0.2) is 11.6 Å². The molecule has 3 amide bonds. The number of aromatic nitrogens is 5. The van der Waals surface area contributed by atoms with E-state index in [4.69, 9.17) is 15.8 Å². The second-order valence-corrected chi connectivity index (χ2v) is 11.0. The van der Waals surface area contributed by atoms with E-state index in [0.29, 0.717) is 36.9 Å². The van der Waals surface area contributed by atoms with Crippen molar-refractivity contribution in [2.75, 3.05) is 18.8 Å². The van der Waals surface area contributed by atoms with Crippen molar-refractivity contribution in [1.82, 2.24) is 40.3 Å². The van der Waals surface area contributed by atoms with Gasteiger partial charge in [-0.3, -0.25) is 14.4 Å². The van der Waals surface area contributed by atoms with Gasteiger partial charge < -0.3 is 21.3 Å². The molecule has 41 heavy (non-hydrogen) atoms. The van der Waals surface area contributed by atoms with Crippen LogP contribution in [-0.4, -0.2) is 66.5 Å². The highest BCUT2D eigenvalue weighted by molar-refractivity contribution is 5.92. The van der Waals surface area contributed by atoms with Crippen molar-refractivity contribution in [2.45, 2.75) is 72.0 Å². The van der Waals surface area contributed by atoms with Gasteiger partial charge in [-0.1, -0.05) is 58.0 Å². The number of hydrogen-bond acceptors (Lipinski definition) is 8. The van der Waals surface area contributed by atoms with Crippen molar-refractivity contribution < 1.29 is 14.4 Å². The molecule has 3 aromatic rings. The second-order valence-electron chi connectivity index (χ2n) is 11.0. The van der Waals surface area contributed by atoms with Gasteiger partial charge in [-0.15, -0.1) is 0 Å². The molecule has 0 unspecified atom stereocenters. The van der Waals surface area contributed by atoms with Gasteiger partial charge in [0.2, 0.25) is 17.8 Å². The third-order valence-corrected chi connectivity index (χ3v) is 7.02. The van der Waals surface area contributed by atoms with E-state index in [9.17, 15) is 14.4 Å². The highest BCUT2D eigenvalue weighted by Gasteiger charge is 2.29. The highest BCUT2D eigenvalue weighted by atomic mass is 16.2. The van der Waals surface area contributed by atoms with Crippen molar-refractivity contribution in [3.63, 3.8) is 0 Å². The Morgan fingerprint density at radius 3 is 2.41 bits per heavy atom.